The number of nitrogens with one attached hydrogen (secondary N) is 1. The van der Waals surface area contributed by atoms with Crippen LogP contribution in [0.4, 0.5) is 0 Å². The highest BCUT2D eigenvalue weighted by molar-refractivity contribution is 4.99. The molecule has 1 aliphatic carbocycles. The molecule has 126 valence electrons. The normalized spacial score (nSPS) is 26.1. The molecule has 0 amide bonds. The van der Waals surface area contributed by atoms with Gasteiger partial charge in [0, 0.05) is 12.1 Å². The van der Waals surface area contributed by atoms with Gasteiger partial charge in [-0.25, -0.2) is 0 Å². The molecule has 2 unspecified atom stereocenters. The second kappa shape index (κ2) is 9.78. The van der Waals surface area contributed by atoms with E-state index >= 15 is 0 Å². The third-order valence-corrected chi connectivity index (χ3v) is 4.75. The van der Waals surface area contributed by atoms with Crippen LogP contribution in [-0.4, -0.2) is 61.5 Å². The second-order valence-corrected chi connectivity index (χ2v) is 6.84. The molecule has 0 saturated heterocycles. The number of rotatable bonds is 11. The third kappa shape index (κ3) is 6.23. The predicted octanol–water partition coefficient (Wildman–Crippen LogP) is 2.26. The van der Waals surface area contributed by atoms with Gasteiger partial charge in [-0.05, 0) is 65.6 Å². The van der Waals surface area contributed by atoms with Crippen LogP contribution in [0.2, 0.25) is 0 Å². The van der Waals surface area contributed by atoms with Crippen molar-refractivity contribution in [3.63, 3.8) is 0 Å². The van der Waals surface area contributed by atoms with Crippen molar-refractivity contribution in [1.29, 1.82) is 0 Å². The molecule has 4 nitrogen and oxygen atoms in total. The zero-order valence-corrected chi connectivity index (χ0v) is 14.5. The summed E-state index contributed by atoms with van der Waals surface area (Å²) in [7, 11) is 2.17. The molecular weight excluding hydrogens is 264 g/mol. The number of hydrogen-bond donors (Lipinski definition) is 2. The van der Waals surface area contributed by atoms with Gasteiger partial charge in [-0.3, -0.25) is 0 Å². The van der Waals surface area contributed by atoms with Crippen molar-refractivity contribution in [3.8, 4) is 0 Å². The number of aliphatic hydroxyl groups excluding tert-OH is 1. The van der Waals surface area contributed by atoms with E-state index in [1.165, 1.54) is 12.8 Å². The van der Waals surface area contributed by atoms with Crippen LogP contribution >= 0.6 is 0 Å². The maximum atomic E-state index is 9.89. The van der Waals surface area contributed by atoms with Gasteiger partial charge >= 0.3 is 0 Å². The number of aliphatic hydroxyl groups is 1. The molecule has 0 heterocycles. The summed E-state index contributed by atoms with van der Waals surface area (Å²) in [6.45, 7) is 10.5. The zero-order valence-electron chi connectivity index (χ0n) is 14.5. The Morgan fingerprint density at radius 1 is 1.38 bits per heavy atom. The second-order valence-electron chi connectivity index (χ2n) is 6.84. The van der Waals surface area contributed by atoms with Gasteiger partial charge in [0.25, 0.3) is 0 Å². The Hall–Kier alpha value is -0.160. The third-order valence-electron chi connectivity index (χ3n) is 4.75. The highest BCUT2D eigenvalue weighted by Crippen LogP contribution is 2.37. The predicted molar refractivity (Wildman–Crippen MR) is 88.7 cm³/mol. The highest BCUT2D eigenvalue weighted by atomic mass is 16.5. The minimum atomic E-state index is -0.0225. The SMILES string of the molecule is CCCNC1(CO)CCCC1CCN(C)CCOC(C)C. The average molecular weight is 300 g/mol. The van der Waals surface area contributed by atoms with Gasteiger partial charge in [0.15, 0.2) is 0 Å². The molecule has 1 rings (SSSR count). The van der Waals surface area contributed by atoms with Gasteiger partial charge in [0.1, 0.15) is 0 Å². The summed E-state index contributed by atoms with van der Waals surface area (Å²) in [6, 6.07) is 0. The Balaban J connectivity index is 2.34. The van der Waals surface area contributed by atoms with Crippen LogP contribution in [0.1, 0.15) is 52.9 Å². The zero-order chi connectivity index (χ0) is 15.7. The smallest absolute Gasteiger partial charge is 0.0616 e. The fourth-order valence-electron chi connectivity index (χ4n) is 3.37. The lowest BCUT2D eigenvalue weighted by atomic mass is 9.85. The lowest BCUT2D eigenvalue weighted by Gasteiger charge is -2.36. The minimum Gasteiger partial charge on any atom is -0.394 e. The first-order valence-corrected chi connectivity index (χ1v) is 8.70. The van der Waals surface area contributed by atoms with Crippen LogP contribution in [0.3, 0.4) is 0 Å². The Morgan fingerprint density at radius 2 is 2.14 bits per heavy atom. The molecule has 0 aromatic carbocycles. The largest absolute Gasteiger partial charge is 0.394 e. The van der Waals surface area contributed by atoms with E-state index in [0.717, 1.165) is 45.5 Å². The lowest BCUT2D eigenvalue weighted by molar-refractivity contribution is 0.0604. The van der Waals surface area contributed by atoms with E-state index in [-0.39, 0.29) is 12.1 Å². The summed E-state index contributed by atoms with van der Waals surface area (Å²) in [6.07, 6.45) is 6.20. The summed E-state index contributed by atoms with van der Waals surface area (Å²) in [5, 5.41) is 13.5. The first kappa shape index (κ1) is 18.9. The standard InChI is InChI=1S/C17H36N2O2/c1-5-10-18-17(14-20)9-6-7-16(17)8-11-19(4)12-13-21-15(2)3/h15-16,18,20H,5-14H2,1-4H3. The maximum absolute atomic E-state index is 9.89. The van der Waals surface area contributed by atoms with E-state index in [9.17, 15) is 5.11 Å². The first-order chi connectivity index (χ1) is 10.0. The molecule has 1 fully saturated rings. The number of hydrogen-bond acceptors (Lipinski definition) is 4. The van der Waals surface area contributed by atoms with Crippen LogP contribution in [0.5, 0.6) is 0 Å². The van der Waals surface area contributed by atoms with Crippen LogP contribution in [0.25, 0.3) is 0 Å². The molecular formula is C17H36N2O2. The molecule has 0 aliphatic heterocycles. The quantitative estimate of drug-likeness (QED) is 0.614. The molecule has 21 heavy (non-hydrogen) atoms. The Bertz CT molecular complexity index is 274. The number of nitrogens with zero attached hydrogens (tertiary/aromatic N) is 1. The van der Waals surface area contributed by atoms with E-state index in [1.807, 2.05) is 0 Å². The van der Waals surface area contributed by atoms with Crippen LogP contribution in [0, 0.1) is 5.92 Å². The van der Waals surface area contributed by atoms with Gasteiger partial charge in [-0.15, -0.1) is 0 Å². The average Bonchev–Trinajstić information content (AvgIpc) is 2.86. The molecule has 0 aromatic rings. The highest BCUT2D eigenvalue weighted by Gasteiger charge is 2.41. The number of likely N-dealkylation sites (N-methyl/N-ethyl adjacent to an activating group) is 1. The molecule has 4 heteroatoms. The van der Waals surface area contributed by atoms with E-state index < -0.39 is 0 Å². The fourth-order valence-corrected chi connectivity index (χ4v) is 3.37. The van der Waals surface area contributed by atoms with Gasteiger partial charge < -0.3 is 20.1 Å². The van der Waals surface area contributed by atoms with Crippen molar-refractivity contribution in [3.05, 3.63) is 0 Å². The summed E-state index contributed by atoms with van der Waals surface area (Å²) in [4.78, 5) is 2.35. The summed E-state index contributed by atoms with van der Waals surface area (Å²) in [5.74, 6) is 0.600. The summed E-state index contributed by atoms with van der Waals surface area (Å²) < 4.78 is 5.61. The van der Waals surface area contributed by atoms with Crippen LogP contribution in [0.15, 0.2) is 0 Å². The molecule has 0 radical (unpaired) electrons. The Kier molecular flexibility index (Phi) is 8.79. The molecule has 0 aromatic heterocycles. The minimum absolute atomic E-state index is 0.0225. The monoisotopic (exact) mass is 300 g/mol. The van der Waals surface area contributed by atoms with E-state index in [2.05, 4.69) is 38.0 Å². The van der Waals surface area contributed by atoms with Crippen molar-refractivity contribution >= 4 is 0 Å². The Labute approximate surface area is 131 Å². The van der Waals surface area contributed by atoms with Crippen molar-refractivity contribution in [2.75, 3.05) is 39.9 Å². The topological polar surface area (TPSA) is 44.7 Å². The van der Waals surface area contributed by atoms with Gasteiger partial charge in [-0.2, -0.15) is 0 Å². The molecule has 0 bridgehead atoms. The Morgan fingerprint density at radius 3 is 2.76 bits per heavy atom. The molecule has 1 aliphatic rings. The van der Waals surface area contributed by atoms with Gasteiger partial charge in [0.2, 0.25) is 0 Å². The van der Waals surface area contributed by atoms with Gasteiger partial charge in [-0.1, -0.05) is 13.3 Å². The lowest BCUT2D eigenvalue weighted by Crippen LogP contribution is -2.52. The van der Waals surface area contributed by atoms with Gasteiger partial charge in [0.05, 0.1) is 19.3 Å². The summed E-state index contributed by atoms with van der Waals surface area (Å²) in [5.41, 5.74) is -0.0225. The molecule has 2 N–H and O–H groups in total. The molecule has 2 atom stereocenters. The van der Waals surface area contributed by atoms with Crippen LogP contribution < -0.4 is 5.32 Å². The van der Waals surface area contributed by atoms with Crippen molar-refractivity contribution in [2.24, 2.45) is 5.92 Å². The molecule has 1 saturated carbocycles. The van der Waals surface area contributed by atoms with Crippen molar-refractivity contribution in [2.45, 2.75) is 64.5 Å². The summed E-state index contributed by atoms with van der Waals surface area (Å²) >= 11 is 0. The first-order valence-electron chi connectivity index (χ1n) is 8.70. The van der Waals surface area contributed by atoms with Crippen molar-refractivity contribution in [1.82, 2.24) is 10.2 Å². The van der Waals surface area contributed by atoms with E-state index in [4.69, 9.17) is 4.74 Å². The van der Waals surface area contributed by atoms with Crippen LogP contribution in [-0.2, 0) is 4.74 Å². The van der Waals surface area contributed by atoms with Crippen molar-refractivity contribution < 1.29 is 9.84 Å². The number of ether oxygens (including phenoxy) is 1. The molecule has 0 spiro atoms. The van der Waals surface area contributed by atoms with E-state index in [1.54, 1.807) is 0 Å². The maximum Gasteiger partial charge on any atom is 0.0616 e. The van der Waals surface area contributed by atoms with E-state index in [0.29, 0.717) is 12.0 Å². The fraction of sp³-hybridized carbons (Fsp3) is 1.00.